The van der Waals surface area contributed by atoms with Crippen molar-refractivity contribution >= 4 is 11.9 Å². The number of quaternary nitrogens is 2. The maximum absolute atomic E-state index is 13.0. The number of ether oxygens (including phenoxy) is 11. The second kappa shape index (κ2) is 23.0. The summed E-state index contributed by atoms with van der Waals surface area (Å²) in [4.78, 5) is 26.0. The van der Waals surface area contributed by atoms with Gasteiger partial charge in [0.2, 0.25) is 11.5 Å². The molecule has 0 aliphatic carbocycles. The van der Waals surface area contributed by atoms with Crippen molar-refractivity contribution in [1.29, 1.82) is 0 Å². The topological polar surface area (TPSA) is 136 Å². The number of hydrogen-bond acceptors (Lipinski definition) is 13. The average Bonchev–Trinajstić information content (AvgIpc) is 3.36. The van der Waals surface area contributed by atoms with Gasteiger partial charge in [-0.25, -0.2) is 0 Å². The van der Waals surface area contributed by atoms with Crippen LogP contribution in [0, 0.1) is 13.8 Å². The predicted molar refractivity (Wildman–Crippen MR) is 262 cm³/mol. The SMILES string of the molecule is COc1cc2c(cc1OC)C(c1cc(OC)c(OC)c(OC)c1)[N+](C)(CCCOC(=O)CCC(=O)OCCC[N+]1(C)CCc3cc(C)c(C)c(OC)c3C1Cc1cc(OC)c(OC)c(OC)c1)CC2. The van der Waals surface area contributed by atoms with Crippen LogP contribution in [0.5, 0.6) is 51.7 Å². The van der Waals surface area contributed by atoms with Gasteiger partial charge in [0.05, 0.1) is 136 Å². The number of benzene rings is 4. The first kappa shape index (κ1) is 52.3. The first-order valence-corrected chi connectivity index (χ1v) is 23.7. The molecule has 15 heteroatoms. The van der Waals surface area contributed by atoms with E-state index < -0.39 is 11.9 Å². The van der Waals surface area contributed by atoms with E-state index in [9.17, 15) is 9.59 Å². The molecule has 6 rings (SSSR count). The zero-order chi connectivity index (χ0) is 50.0. The van der Waals surface area contributed by atoms with E-state index in [1.54, 1.807) is 64.0 Å². The Hall–Kier alpha value is -6.06. The van der Waals surface area contributed by atoms with E-state index in [0.29, 0.717) is 80.8 Å². The summed E-state index contributed by atoms with van der Waals surface area (Å²) in [6.07, 6.45) is 3.51. The van der Waals surface area contributed by atoms with Crippen molar-refractivity contribution in [3.05, 3.63) is 87.0 Å². The Labute approximate surface area is 408 Å². The molecule has 4 atom stereocenters. The molecule has 2 heterocycles. The van der Waals surface area contributed by atoms with Gasteiger partial charge in [-0.05, 0) is 78.1 Å². The van der Waals surface area contributed by atoms with Crippen molar-refractivity contribution in [2.24, 2.45) is 0 Å². The highest BCUT2D eigenvalue weighted by Gasteiger charge is 2.43. The third kappa shape index (κ3) is 11.2. The molecule has 4 unspecified atom stereocenters. The Bertz CT molecular complexity index is 2410. The molecule has 4 aromatic carbocycles. The van der Waals surface area contributed by atoms with Gasteiger partial charge in [0.15, 0.2) is 34.5 Å². The molecule has 0 bridgehead atoms. The highest BCUT2D eigenvalue weighted by Crippen LogP contribution is 2.49. The summed E-state index contributed by atoms with van der Waals surface area (Å²) in [5, 5.41) is 0. The molecule has 0 spiro atoms. The summed E-state index contributed by atoms with van der Waals surface area (Å²) in [7, 11) is 19.2. The molecule has 2 aliphatic rings. The van der Waals surface area contributed by atoms with Crippen molar-refractivity contribution < 1.29 is 70.7 Å². The van der Waals surface area contributed by atoms with Gasteiger partial charge in [0, 0.05) is 43.2 Å². The Kier molecular flexibility index (Phi) is 17.5. The van der Waals surface area contributed by atoms with Crippen molar-refractivity contribution in [2.45, 2.75) is 70.9 Å². The molecule has 0 fully saturated rings. The Morgan fingerprint density at radius 3 is 1.51 bits per heavy atom. The molecule has 15 nitrogen and oxygen atoms in total. The Balaban J connectivity index is 1.06. The molecular formula is C54H74N2O13+2. The summed E-state index contributed by atoms with van der Waals surface area (Å²) in [5.74, 6) is 4.77. The lowest BCUT2D eigenvalue weighted by Gasteiger charge is -2.46. The van der Waals surface area contributed by atoms with Crippen LogP contribution in [0.2, 0.25) is 0 Å². The first-order valence-electron chi connectivity index (χ1n) is 23.7. The maximum Gasteiger partial charge on any atom is 0.306 e. The minimum Gasteiger partial charge on any atom is -0.496 e. The maximum atomic E-state index is 13.0. The third-order valence-electron chi connectivity index (χ3n) is 14.4. The van der Waals surface area contributed by atoms with Crippen molar-refractivity contribution in [1.82, 2.24) is 0 Å². The standard InChI is InChI=1S/C54H74N2O13/c1-34-26-38-19-22-55(3,41(50(38)52(65-11)35(34)2)27-36-28-44(61-7)53(66-12)45(29-36)62-8)20-14-24-68-48(57)16-17-49(58)69-25-15-21-56(4)23-18-37-30-42(59-5)43(60-6)33-40(37)51(56)39-31-46(63-9)54(67-13)47(32-39)64-10/h26,28-33,41,51H,14-25,27H2,1-13H3/q+2. The highest BCUT2D eigenvalue weighted by molar-refractivity contribution is 5.77. The van der Waals surface area contributed by atoms with E-state index in [-0.39, 0.29) is 38.1 Å². The minimum atomic E-state index is -0.434. The van der Waals surface area contributed by atoms with Crippen LogP contribution >= 0.6 is 0 Å². The van der Waals surface area contributed by atoms with E-state index in [1.807, 2.05) is 24.3 Å². The molecule has 0 N–H and O–H groups in total. The molecule has 0 amide bonds. The van der Waals surface area contributed by atoms with Gasteiger partial charge in [0.25, 0.3) is 0 Å². The van der Waals surface area contributed by atoms with Crippen molar-refractivity contribution in [3.63, 3.8) is 0 Å². The van der Waals surface area contributed by atoms with E-state index >= 15 is 0 Å². The van der Waals surface area contributed by atoms with Crippen LogP contribution in [0.1, 0.15) is 82.3 Å². The molecule has 4 aromatic rings. The van der Waals surface area contributed by atoms with Gasteiger partial charge >= 0.3 is 11.9 Å². The van der Waals surface area contributed by atoms with Crippen LogP contribution in [0.3, 0.4) is 0 Å². The molecular weight excluding hydrogens is 885 g/mol. The zero-order valence-electron chi connectivity index (χ0n) is 43.1. The quantitative estimate of drug-likeness (QED) is 0.0403. The van der Waals surface area contributed by atoms with Crippen LogP contribution < -0.4 is 42.6 Å². The van der Waals surface area contributed by atoms with Crippen molar-refractivity contribution in [3.8, 4) is 51.7 Å². The lowest BCUT2D eigenvalue weighted by atomic mass is 9.83. The zero-order valence-corrected chi connectivity index (χ0v) is 43.1. The summed E-state index contributed by atoms with van der Waals surface area (Å²) < 4.78 is 64.6. The number of rotatable bonds is 23. The fourth-order valence-corrected chi connectivity index (χ4v) is 10.6. The number of esters is 2. The monoisotopic (exact) mass is 959 g/mol. The van der Waals surface area contributed by atoms with Gasteiger partial charge in [-0.2, -0.15) is 0 Å². The van der Waals surface area contributed by atoms with Gasteiger partial charge < -0.3 is 61.1 Å². The minimum absolute atomic E-state index is 0.0274. The van der Waals surface area contributed by atoms with Crippen LogP contribution in [0.15, 0.2) is 42.5 Å². The van der Waals surface area contributed by atoms with E-state index in [1.165, 1.54) is 16.7 Å². The largest absolute Gasteiger partial charge is 0.496 e. The lowest BCUT2D eigenvalue weighted by Crippen LogP contribution is -2.53. The van der Waals surface area contributed by atoms with Crippen LogP contribution in [0.25, 0.3) is 0 Å². The predicted octanol–water partition coefficient (Wildman–Crippen LogP) is 8.11. The van der Waals surface area contributed by atoms with Crippen LogP contribution in [-0.4, -0.2) is 138 Å². The normalized spacial score (nSPS) is 19.3. The summed E-state index contributed by atoms with van der Waals surface area (Å²) >= 11 is 0. The summed E-state index contributed by atoms with van der Waals surface area (Å²) in [5.41, 5.74) is 9.11. The number of carbonyl (C=O) groups excluding carboxylic acids is 2. The Morgan fingerprint density at radius 1 is 0.536 bits per heavy atom. The smallest absolute Gasteiger partial charge is 0.306 e. The number of methoxy groups -OCH3 is 9. The number of nitrogens with zero attached hydrogens (tertiary/aromatic N) is 2. The van der Waals surface area contributed by atoms with Gasteiger partial charge in [-0.3, -0.25) is 9.59 Å². The Morgan fingerprint density at radius 2 is 1.00 bits per heavy atom. The van der Waals surface area contributed by atoms with Gasteiger partial charge in [0.1, 0.15) is 17.8 Å². The highest BCUT2D eigenvalue weighted by atomic mass is 16.6. The summed E-state index contributed by atoms with van der Waals surface area (Å²) in [6.45, 7) is 7.86. The van der Waals surface area contributed by atoms with Crippen LogP contribution in [0.4, 0.5) is 0 Å². The summed E-state index contributed by atoms with van der Waals surface area (Å²) in [6, 6.07) is 14.3. The molecule has 0 aromatic heterocycles. The first-order chi connectivity index (χ1) is 33.2. The fourth-order valence-electron chi connectivity index (χ4n) is 10.6. The number of hydrogen-bond donors (Lipinski definition) is 0. The number of carbonyl (C=O) groups is 2. The van der Waals surface area contributed by atoms with Gasteiger partial charge in [-0.1, -0.05) is 6.07 Å². The van der Waals surface area contributed by atoms with E-state index in [2.05, 4.69) is 46.1 Å². The van der Waals surface area contributed by atoms with Gasteiger partial charge in [-0.15, -0.1) is 0 Å². The lowest BCUT2D eigenvalue weighted by molar-refractivity contribution is -0.941. The molecule has 2 aliphatic heterocycles. The number of aryl methyl sites for hydroxylation is 1. The molecule has 376 valence electrons. The average molecular weight is 959 g/mol. The van der Waals surface area contributed by atoms with Crippen LogP contribution in [-0.2, 0) is 38.3 Å². The molecule has 69 heavy (non-hydrogen) atoms. The van der Waals surface area contributed by atoms with E-state index in [4.69, 9.17) is 52.1 Å². The number of likely N-dealkylation sites (N-methyl/N-ethyl adjacent to an activating group) is 2. The third-order valence-corrected chi connectivity index (χ3v) is 14.4. The van der Waals surface area contributed by atoms with Crippen molar-refractivity contribution in [2.75, 3.05) is 117 Å². The molecule has 0 saturated carbocycles. The fraction of sp³-hybridized carbons (Fsp3) is 0.519. The number of fused-ring (bicyclic) bond motifs is 2. The van der Waals surface area contributed by atoms with E-state index in [0.717, 1.165) is 66.0 Å². The molecule has 0 saturated heterocycles. The second-order valence-corrected chi connectivity index (χ2v) is 18.4. The molecule has 0 radical (unpaired) electrons. The second-order valence-electron chi connectivity index (χ2n) is 18.4.